The maximum Gasteiger partial charge on any atom is 0.0477 e. The van der Waals surface area contributed by atoms with Gasteiger partial charge >= 0.3 is 0 Å². The highest BCUT2D eigenvalue weighted by Crippen LogP contribution is 2.39. The van der Waals surface area contributed by atoms with E-state index in [-0.39, 0.29) is 0 Å². The molecule has 0 unspecified atom stereocenters. The van der Waals surface area contributed by atoms with Gasteiger partial charge in [0, 0.05) is 46.3 Å². The van der Waals surface area contributed by atoms with Gasteiger partial charge in [-0.1, -0.05) is 18.2 Å². The zero-order valence-electron chi connectivity index (χ0n) is 20.5. The van der Waals surface area contributed by atoms with E-state index >= 15 is 0 Å². The van der Waals surface area contributed by atoms with Gasteiger partial charge in [-0.05, 0) is 113 Å². The van der Waals surface area contributed by atoms with Crippen molar-refractivity contribution in [3.63, 3.8) is 0 Å². The number of nitrogens with one attached hydrogen (secondary N) is 3. The van der Waals surface area contributed by atoms with Gasteiger partial charge in [0.05, 0.1) is 0 Å². The fourth-order valence-corrected chi connectivity index (χ4v) is 6.16. The minimum atomic E-state index is 0.669. The van der Waals surface area contributed by atoms with Crippen molar-refractivity contribution >= 4 is 33.5 Å². The fraction of sp³-hybridized carbons (Fsp3) is 0.448. The summed E-state index contributed by atoms with van der Waals surface area (Å²) in [7, 11) is 4.46. The Hall–Kier alpha value is -2.76. The molecule has 0 saturated carbocycles. The molecule has 0 atom stereocenters. The van der Waals surface area contributed by atoms with Crippen LogP contribution in [-0.2, 0) is 0 Å². The van der Waals surface area contributed by atoms with E-state index in [4.69, 9.17) is 0 Å². The minimum Gasteiger partial charge on any atom is -0.381 e. The zero-order valence-corrected chi connectivity index (χ0v) is 20.5. The largest absolute Gasteiger partial charge is 0.381 e. The van der Waals surface area contributed by atoms with Gasteiger partial charge in [0.25, 0.3) is 0 Å². The number of H-pyrrole nitrogens is 1. The lowest BCUT2D eigenvalue weighted by molar-refractivity contribution is 0.248. The summed E-state index contributed by atoms with van der Waals surface area (Å²) in [6.07, 6.45) is 9.67. The summed E-state index contributed by atoms with van der Waals surface area (Å²) >= 11 is 0. The average molecular weight is 456 g/mol. The second-order valence-electron chi connectivity index (χ2n) is 10.6. The molecule has 0 aliphatic carbocycles. The van der Waals surface area contributed by atoms with Gasteiger partial charge in [-0.25, -0.2) is 0 Å². The number of likely N-dealkylation sites (tertiary alicyclic amines) is 2. The van der Waals surface area contributed by atoms with E-state index in [1.54, 1.807) is 5.57 Å². The van der Waals surface area contributed by atoms with Crippen molar-refractivity contribution in [3.05, 3.63) is 59.8 Å². The van der Waals surface area contributed by atoms with E-state index in [9.17, 15) is 0 Å². The van der Waals surface area contributed by atoms with E-state index in [1.807, 2.05) is 0 Å². The maximum atomic E-state index is 3.65. The van der Waals surface area contributed by atoms with Crippen LogP contribution in [0.2, 0.25) is 0 Å². The Morgan fingerprint density at radius 3 is 2.26 bits per heavy atom. The number of hydrogen-bond acceptors (Lipinski definition) is 4. The summed E-state index contributed by atoms with van der Waals surface area (Å²) in [5, 5.41) is 8.63. The van der Waals surface area contributed by atoms with Crippen LogP contribution in [0.5, 0.6) is 0 Å². The van der Waals surface area contributed by atoms with Gasteiger partial charge in [-0.3, -0.25) is 0 Å². The number of benzene rings is 2. The molecule has 5 heteroatoms. The molecule has 178 valence electrons. The van der Waals surface area contributed by atoms with E-state index in [2.05, 4.69) is 88.2 Å². The topological polar surface area (TPSA) is 46.3 Å². The Morgan fingerprint density at radius 2 is 1.50 bits per heavy atom. The summed E-state index contributed by atoms with van der Waals surface area (Å²) in [5.41, 5.74) is 9.16. The van der Waals surface area contributed by atoms with Crippen LogP contribution in [-0.4, -0.2) is 61.6 Å². The summed E-state index contributed by atoms with van der Waals surface area (Å²) < 4.78 is 0. The number of allylic oxidation sites excluding steroid dienone is 1. The number of hydrogen-bond donors (Lipinski definition) is 3. The molecule has 5 nitrogen and oxygen atoms in total. The Morgan fingerprint density at radius 1 is 0.824 bits per heavy atom. The highest BCUT2D eigenvalue weighted by molar-refractivity contribution is 5.88. The number of anilines is 3. The number of nitrogens with zero attached hydrogens (tertiary/aromatic N) is 2. The first-order valence-corrected chi connectivity index (χ1v) is 13.0. The molecule has 0 bridgehead atoms. The fourth-order valence-electron chi connectivity index (χ4n) is 6.16. The molecule has 2 aromatic carbocycles. The van der Waals surface area contributed by atoms with Crippen LogP contribution in [0.15, 0.2) is 48.7 Å². The van der Waals surface area contributed by atoms with Crippen molar-refractivity contribution in [3.8, 4) is 0 Å². The molecular weight excluding hydrogens is 418 g/mol. The van der Waals surface area contributed by atoms with Crippen LogP contribution >= 0.6 is 0 Å². The van der Waals surface area contributed by atoms with Crippen molar-refractivity contribution in [1.29, 1.82) is 0 Å². The number of rotatable bonds is 4. The quantitative estimate of drug-likeness (QED) is 0.460. The number of aromatic nitrogens is 1. The third-order valence-electron chi connectivity index (χ3n) is 8.26. The molecule has 3 aliphatic rings. The summed E-state index contributed by atoms with van der Waals surface area (Å²) in [6.45, 7) is 5.71. The van der Waals surface area contributed by atoms with Crippen LogP contribution in [0, 0.1) is 5.92 Å². The Bertz CT molecular complexity index is 1190. The second kappa shape index (κ2) is 9.12. The molecule has 0 amide bonds. The first-order valence-electron chi connectivity index (χ1n) is 13.0. The number of piperidine rings is 2. The number of aromatic amines is 1. The Kier molecular flexibility index (Phi) is 5.84. The monoisotopic (exact) mass is 455 g/mol. The summed E-state index contributed by atoms with van der Waals surface area (Å²) in [4.78, 5) is 8.43. The third kappa shape index (κ3) is 4.23. The van der Waals surface area contributed by atoms with Crippen molar-refractivity contribution < 1.29 is 0 Å². The van der Waals surface area contributed by atoms with Gasteiger partial charge in [0.2, 0.25) is 0 Å². The van der Waals surface area contributed by atoms with Crippen molar-refractivity contribution in [2.45, 2.75) is 31.6 Å². The van der Waals surface area contributed by atoms with Gasteiger partial charge in [-0.2, -0.15) is 0 Å². The van der Waals surface area contributed by atoms with Crippen LogP contribution < -0.4 is 10.6 Å². The highest BCUT2D eigenvalue weighted by Gasteiger charge is 2.25. The molecule has 3 aliphatic heterocycles. The average Bonchev–Trinajstić information content (AvgIpc) is 3.28. The van der Waals surface area contributed by atoms with Crippen LogP contribution in [0.3, 0.4) is 0 Å². The summed E-state index contributed by atoms with van der Waals surface area (Å²) in [5.74, 6) is 1.35. The normalized spacial score (nSPS) is 20.7. The highest BCUT2D eigenvalue weighted by atomic mass is 15.1. The van der Waals surface area contributed by atoms with E-state index in [0.717, 1.165) is 17.9 Å². The third-order valence-corrected chi connectivity index (χ3v) is 8.26. The van der Waals surface area contributed by atoms with E-state index in [0.29, 0.717) is 11.8 Å². The van der Waals surface area contributed by atoms with Gasteiger partial charge < -0.3 is 25.4 Å². The minimum absolute atomic E-state index is 0.669. The van der Waals surface area contributed by atoms with Gasteiger partial charge in [-0.15, -0.1) is 0 Å². The molecule has 2 fully saturated rings. The molecular formula is C29H37N5. The van der Waals surface area contributed by atoms with Crippen molar-refractivity contribution in [2.24, 2.45) is 5.92 Å². The van der Waals surface area contributed by atoms with Crippen LogP contribution in [0.4, 0.5) is 17.1 Å². The maximum absolute atomic E-state index is 3.65. The molecule has 0 radical (unpaired) electrons. The Balaban J connectivity index is 1.19. The lowest BCUT2D eigenvalue weighted by Crippen LogP contribution is -2.31. The lowest BCUT2D eigenvalue weighted by atomic mass is 9.83. The molecule has 4 heterocycles. The first-order chi connectivity index (χ1) is 16.6. The first kappa shape index (κ1) is 21.8. The standard InChI is InChI=1S/C29H37N5/c1-33-13-8-20(9-14-33)24-7-12-30-28-17-22(3-5-25(24)28)32-23-4-6-26-27(19-31-29(26)18-23)21-10-15-34(2)16-11-21/h3-7,17-21,30-32H,8-16H2,1-2H3. The molecule has 6 rings (SSSR count). The van der Waals surface area contributed by atoms with E-state index in [1.165, 1.54) is 79.6 Å². The molecule has 2 saturated heterocycles. The summed E-state index contributed by atoms with van der Waals surface area (Å²) in [6, 6.07) is 13.6. The predicted molar refractivity (Wildman–Crippen MR) is 144 cm³/mol. The predicted octanol–water partition coefficient (Wildman–Crippen LogP) is 5.87. The lowest BCUT2D eigenvalue weighted by Gasteiger charge is -2.33. The smallest absolute Gasteiger partial charge is 0.0477 e. The molecule has 34 heavy (non-hydrogen) atoms. The van der Waals surface area contributed by atoms with E-state index < -0.39 is 0 Å². The van der Waals surface area contributed by atoms with Crippen LogP contribution in [0.25, 0.3) is 16.5 Å². The SMILES string of the molecule is CN1CCC(C2=CCNc3cc(Nc4ccc5c(C6CCN(C)CC6)c[nH]c5c4)ccc32)CC1. The van der Waals surface area contributed by atoms with Crippen molar-refractivity contribution in [1.82, 2.24) is 14.8 Å². The van der Waals surface area contributed by atoms with Gasteiger partial charge in [0.1, 0.15) is 0 Å². The second-order valence-corrected chi connectivity index (χ2v) is 10.6. The molecule has 1 aromatic heterocycles. The Labute approximate surface area is 203 Å². The molecule has 0 spiro atoms. The number of fused-ring (bicyclic) bond motifs is 2. The zero-order chi connectivity index (χ0) is 23.1. The van der Waals surface area contributed by atoms with Gasteiger partial charge in [0.15, 0.2) is 0 Å². The molecule has 3 N–H and O–H groups in total. The van der Waals surface area contributed by atoms with Crippen molar-refractivity contribution in [2.75, 3.05) is 57.5 Å². The molecule has 3 aromatic rings. The van der Waals surface area contributed by atoms with Crippen LogP contribution in [0.1, 0.15) is 42.7 Å².